The first kappa shape index (κ1) is 22.3. The van der Waals surface area contributed by atoms with Gasteiger partial charge in [0, 0.05) is 30.9 Å². The lowest BCUT2D eigenvalue weighted by atomic mass is 10.1. The summed E-state index contributed by atoms with van der Waals surface area (Å²) in [7, 11) is 0. The maximum Gasteiger partial charge on any atom is 0.295 e. The van der Waals surface area contributed by atoms with Gasteiger partial charge in [-0.2, -0.15) is 10.1 Å². The predicted octanol–water partition coefficient (Wildman–Crippen LogP) is 4.80. The summed E-state index contributed by atoms with van der Waals surface area (Å²) in [6, 6.07) is 11.3. The molecule has 2 aromatic carbocycles. The highest BCUT2D eigenvalue weighted by Crippen LogP contribution is 2.22. The topological polar surface area (TPSA) is 107 Å². The van der Waals surface area contributed by atoms with Crippen molar-refractivity contribution in [1.82, 2.24) is 9.88 Å². The molecule has 9 heteroatoms. The Kier molecular flexibility index (Phi) is 7.61. The Hall–Kier alpha value is -3.39. The lowest BCUT2D eigenvalue weighted by molar-refractivity contribution is 0.0765. The molecule has 0 aliphatic carbocycles. The van der Waals surface area contributed by atoms with E-state index in [4.69, 9.17) is 21.4 Å². The molecule has 0 aliphatic heterocycles. The minimum absolute atomic E-state index is 0.0738. The molecule has 0 fully saturated rings. The van der Waals surface area contributed by atoms with Gasteiger partial charge in [0.05, 0.1) is 17.5 Å². The van der Waals surface area contributed by atoms with E-state index in [0.29, 0.717) is 53.0 Å². The van der Waals surface area contributed by atoms with E-state index < -0.39 is 0 Å². The molecule has 1 amide bonds. The van der Waals surface area contributed by atoms with Crippen LogP contribution in [0.15, 0.2) is 45.9 Å². The molecular weight excluding hydrogens is 416 g/mol. The van der Waals surface area contributed by atoms with Gasteiger partial charge in [0.1, 0.15) is 5.52 Å². The maximum atomic E-state index is 13.1. The van der Waals surface area contributed by atoms with Crippen LogP contribution in [0.2, 0.25) is 5.02 Å². The van der Waals surface area contributed by atoms with Crippen molar-refractivity contribution >= 4 is 52.7 Å². The Balaban J connectivity index is 1.60. The first-order chi connectivity index (χ1) is 15.0. The number of hydrazone groups is 1. The number of nitrogens with zero attached hydrogens (tertiary/aromatic N) is 3. The number of halogens is 1. The molecule has 8 nitrogen and oxygen atoms in total. The van der Waals surface area contributed by atoms with Crippen molar-refractivity contribution in [2.24, 2.45) is 5.10 Å². The Morgan fingerprint density at radius 3 is 2.94 bits per heavy atom. The number of aryl methyl sites for hydroxylation is 1. The minimum Gasteiger partial charge on any atom is -0.424 e. The second-order valence-corrected chi connectivity index (χ2v) is 7.34. The van der Waals surface area contributed by atoms with Gasteiger partial charge in [0.2, 0.25) is 0 Å². The van der Waals surface area contributed by atoms with Gasteiger partial charge in [0.25, 0.3) is 11.9 Å². The summed E-state index contributed by atoms with van der Waals surface area (Å²) in [5.74, 6) is -0.0738. The van der Waals surface area contributed by atoms with Crippen LogP contribution in [-0.4, -0.2) is 47.9 Å². The third-order valence-corrected chi connectivity index (χ3v) is 4.87. The van der Waals surface area contributed by atoms with Crippen molar-refractivity contribution in [3.63, 3.8) is 0 Å². The van der Waals surface area contributed by atoms with Crippen LogP contribution in [0.4, 0.5) is 11.7 Å². The number of benzene rings is 2. The summed E-state index contributed by atoms with van der Waals surface area (Å²) in [4.78, 5) is 19.3. The fraction of sp³-hybridized carbons (Fsp3) is 0.273. The third-order valence-electron chi connectivity index (χ3n) is 4.64. The highest BCUT2D eigenvalue weighted by Gasteiger charge is 2.18. The van der Waals surface area contributed by atoms with Crippen molar-refractivity contribution in [1.29, 1.82) is 5.41 Å². The third kappa shape index (κ3) is 5.82. The molecule has 0 bridgehead atoms. The molecule has 3 rings (SSSR count). The van der Waals surface area contributed by atoms with Crippen molar-refractivity contribution < 1.29 is 9.21 Å². The highest BCUT2D eigenvalue weighted by atomic mass is 35.5. The number of carbonyl (C=O) groups is 1. The van der Waals surface area contributed by atoms with Gasteiger partial charge in [-0.25, -0.2) is 0 Å². The van der Waals surface area contributed by atoms with Gasteiger partial charge in [-0.3, -0.25) is 10.2 Å². The molecule has 0 saturated carbocycles. The standard InChI is InChI=1S/C22H25ClN6O2/c1-3-29(21(30)17-13-15(2)5-7-18(17)28-26-11-9-24)12-4-10-25-22-27-19-14-16(23)6-8-20(19)31-22/h5-9,11,13-14,24,28H,3-4,10,12H2,1-2H3,(H,25,27)/b24-9?,26-11-. The van der Waals surface area contributed by atoms with E-state index in [0.717, 1.165) is 18.2 Å². The molecule has 0 unspecified atom stereocenters. The number of hydrogen-bond donors (Lipinski definition) is 3. The number of oxazole rings is 1. The summed E-state index contributed by atoms with van der Waals surface area (Å²) < 4.78 is 5.65. The number of fused-ring (bicyclic) bond motifs is 1. The average Bonchev–Trinajstić information content (AvgIpc) is 3.16. The number of rotatable bonds is 10. The quantitative estimate of drug-likeness (QED) is 0.238. The molecule has 162 valence electrons. The van der Waals surface area contributed by atoms with Gasteiger partial charge >= 0.3 is 0 Å². The van der Waals surface area contributed by atoms with Gasteiger partial charge in [-0.1, -0.05) is 23.2 Å². The van der Waals surface area contributed by atoms with Crippen LogP contribution in [0.1, 0.15) is 29.3 Å². The predicted molar refractivity (Wildman–Crippen MR) is 126 cm³/mol. The second kappa shape index (κ2) is 10.6. The largest absolute Gasteiger partial charge is 0.424 e. The summed E-state index contributed by atoms with van der Waals surface area (Å²) in [6.45, 7) is 5.65. The lowest BCUT2D eigenvalue weighted by Crippen LogP contribution is -2.33. The summed E-state index contributed by atoms with van der Waals surface area (Å²) >= 11 is 5.98. The summed E-state index contributed by atoms with van der Waals surface area (Å²) in [6.07, 6.45) is 3.11. The normalized spacial score (nSPS) is 11.1. The minimum atomic E-state index is -0.0738. The fourth-order valence-corrected chi connectivity index (χ4v) is 3.26. The van der Waals surface area contributed by atoms with E-state index in [1.165, 1.54) is 6.21 Å². The van der Waals surface area contributed by atoms with Crippen LogP contribution < -0.4 is 10.7 Å². The van der Waals surface area contributed by atoms with Crippen LogP contribution in [0.25, 0.3) is 11.1 Å². The van der Waals surface area contributed by atoms with Crippen LogP contribution in [0.3, 0.4) is 0 Å². The van der Waals surface area contributed by atoms with Crippen molar-refractivity contribution in [2.45, 2.75) is 20.3 Å². The van der Waals surface area contributed by atoms with Crippen molar-refractivity contribution in [2.75, 3.05) is 30.4 Å². The number of anilines is 2. The van der Waals surface area contributed by atoms with Gasteiger partial charge in [-0.15, -0.1) is 0 Å². The fourth-order valence-electron chi connectivity index (χ4n) is 3.09. The van der Waals surface area contributed by atoms with Crippen LogP contribution in [0, 0.1) is 12.3 Å². The van der Waals surface area contributed by atoms with Crippen LogP contribution in [-0.2, 0) is 0 Å². The number of hydrogen-bond acceptors (Lipinski definition) is 7. The Labute approximate surface area is 185 Å². The first-order valence-electron chi connectivity index (χ1n) is 10.00. The number of carbonyl (C=O) groups excluding carboxylic acids is 1. The second-order valence-electron chi connectivity index (χ2n) is 6.90. The Morgan fingerprint density at radius 1 is 1.32 bits per heavy atom. The number of nitrogens with one attached hydrogen (secondary N) is 3. The van der Waals surface area contributed by atoms with Gasteiger partial charge < -0.3 is 20.0 Å². The molecule has 0 aliphatic rings. The van der Waals surface area contributed by atoms with Crippen LogP contribution in [0.5, 0.6) is 0 Å². The zero-order valence-corrected chi connectivity index (χ0v) is 18.2. The molecule has 31 heavy (non-hydrogen) atoms. The molecule has 1 heterocycles. The molecule has 3 aromatic rings. The lowest BCUT2D eigenvalue weighted by Gasteiger charge is -2.22. The molecule has 3 N–H and O–H groups in total. The Morgan fingerprint density at radius 2 is 2.16 bits per heavy atom. The maximum absolute atomic E-state index is 13.1. The first-order valence-corrected chi connectivity index (χ1v) is 10.4. The Bertz CT molecular complexity index is 1090. The molecule has 0 radical (unpaired) electrons. The molecule has 1 aromatic heterocycles. The van der Waals surface area contributed by atoms with Gasteiger partial charge in [-0.05, 0) is 50.6 Å². The molecule has 0 spiro atoms. The van der Waals surface area contributed by atoms with E-state index in [1.54, 1.807) is 23.1 Å². The molecular formula is C22H25ClN6O2. The van der Waals surface area contributed by atoms with Gasteiger partial charge in [0.15, 0.2) is 5.58 Å². The number of aromatic nitrogens is 1. The van der Waals surface area contributed by atoms with E-state index in [1.807, 2.05) is 32.0 Å². The van der Waals surface area contributed by atoms with Crippen molar-refractivity contribution in [3.8, 4) is 0 Å². The zero-order chi connectivity index (χ0) is 22.2. The summed E-state index contributed by atoms with van der Waals surface area (Å²) in [5.41, 5.74) is 6.34. The monoisotopic (exact) mass is 440 g/mol. The SMILES string of the molecule is CCN(CCCNc1nc2cc(Cl)ccc2o1)C(=O)c1cc(C)ccc1N/N=C\C=N. The van der Waals surface area contributed by atoms with Crippen molar-refractivity contribution in [3.05, 3.63) is 52.5 Å². The van der Waals surface area contributed by atoms with E-state index in [2.05, 4.69) is 20.8 Å². The smallest absolute Gasteiger partial charge is 0.295 e. The molecule has 0 saturated heterocycles. The molecule has 0 atom stereocenters. The highest BCUT2D eigenvalue weighted by molar-refractivity contribution is 6.31. The zero-order valence-electron chi connectivity index (χ0n) is 17.5. The average molecular weight is 441 g/mol. The van der Waals surface area contributed by atoms with Crippen LogP contribution >= 0.6 is 11.6 Å². The van der Waals surface area contributed by atoms with E-state index >= 15 is 0 Å². The van der Waals surface area contributed by atoms with E-state index in [9.17, 15) is 4.79 Å². The summed E-state index contributed by atoms with van der Waals surface area (Å²) in [5, 5.41) is 14.7. The number of amides is 1. The van der Waals surface area contributed by atoms with E-state index in [-0.39, 0.29) is 5.91 Å².